The van der Waals surface area contributed by atoms with Crippen molar-refractivity contribution in [2.75, 3.05) is 11.9 Å². The maximum absolute atomic E-state index is 13.3. The van der Waals surface area contributed by atoms with Gasteiger partial charge in [-0.1, -0.05) is 18.2 Å². The van der Waals surface area contributed by atoms with Crippen LogP contribution in [-0.2, 0) is 4.79 Å². The van der Waals surface area contributed by atoms with Crippen LogP contribution in [0, 0.1) is 5.82 Å². The van der Waals surface area contributed by atoms with E-state index in [2.05, 4.69) is 10.4 Å². The molecule has 3 rings (SSSR count). The van der Waals surface area contributed by atoms with Crippen molar-refractivity contribution in [3.8, 4) is 0 Å². The molecule has 0 unspecified atom stereocenters. The van der Waals surface area contributed by atoms with E-state index in [1.165, 1.54) is 30.1 Å². The van der Waals surface area contributed by atoms with Crippen LogP contribution in [0.2, 0.25) is 0 Å². The molecule has 0 saturated heterocycles. The van der Waals surface area contributed by atoms with Crippen LogP contribution < -0.4 is 5.32 Å². The minimum absolute atomic E-state index is 0.150. The Bertz CT molecular complexity index is 833. The molecule has 122 valence electrons. The van der Waals surface area contributed by atoms with Gasteiger partial charge < -0.3 is 5.32 Å². The number of rotatable bonds is 3. The first-order valence-corrected chi connectivity index (χ1v) is 7.56. The molecule has 0 spiro atoms. The highest BCUT2D eigenvalue weighted by molar-refractivity contribution is 6.05. The van der Waals surface area contributed by atoms with Crippen LogP contribution in [0.5, 0.6) is 0 Å². The molecule has 1 N–H and O–H groups in total. The van der Waals surface area contributed by atoms with Crippen molar-refractivity contribution < 1.29 is 14.0 Å². The summed E-state index contributed by atoms with van der Waals surface area (Å²) < 4.78 is 13.3. The minimum Gasteiger partial charge on any atom is -0.326 e. The molecule has 0 saturated carbocycles. The van der Waals surface area contributed by atoms with Gasteiger partial charge in [-0.25, -0.2) is 9.40 Å². The zero-order chi connectivity index (χ0) is 17.1. The molecule has 24 heavy (non-hydrogen) atoms. The summed E-state index contributed by atoms with van der Waals surface area (Å²) in [6.45, 7) is 1.88. The number of nitrogens with one attached hydrogen (secondary N) is 1. The largest absolute Gasteiger partial charge is 0.326 e. The van der Waals surface area contributed by atoms with Gasteiger partial charge in [-0.15, -0.1) is 0 Å². The van der Waals surface area contributed by atoms with Crippen molar-refractivity contribution in [3.05, 3.63) is 65.5 Å². The maximum Gasteiger partial charge on any atom is 0.274 e. The van der Waals surface area contributed by atoms with E-state index in [-0.39, 0.29) is 17.4 Å². The van der Waals surface area contributed by atoms with Crippen LogP contribution in [0.4, 0.5) is 10.1 Å². The summed E-state index contributed by atoms with van der Waals surface area (Å²) in [4.78, 5) is 23.5. The second-order valence-corrected chi connectivity index (χ2v) is 5.50. The quantitative estimate of drug-likeness (QED) is 0.943. The van der Waals surface area contributed by atoms with Crippen molar-refractivity contribution in [1.82, 2.24) is 5.01 Å². The highest BCUT2D eigenvalue weighted by atomic mass is 19.1. The van der Waals surface area contributed by atoms with Crippen LogP contribution >= 0.6 is 0 Å². The molecule has 2 amide bonds. The van der Waals surface area contributed by atoms with Crippen molar-refractivity contribution in [3.63, 3.8) is 0 Å². The summed E-state index contributed by atoms with van der Waals surface area (Å²) in [5.41, 5.74) is 2.55. The number of hydrogen-bond acceptors (Lipinski definition) is 3. The molecule has 1 aliphatic heterocycles. The molecular formula is C18H16FN3O2. The van der Waals surface area contributed by atoms with E-state index in [1.807, 2.05) is 18.2 Å². The number of hydrazone groups is 1. The Morgan fingerprint density at radius 1 is 1.17 bits per heavy atom. The number of halogens is 1. The molecule has 1 aliphatic rings. The molecule has 2 aromatic rings. The van der Waals surface area contributed by atoms with Crippen LogP contribution in [0.25, 0.3) is 0 Å². The average molecular weight is 325 g/mol. The second-order valence-electron chi connectivity index (χ2n) is 5.50. The lowest BCUT2D eigenvalue weighted by molar-refractivity contribution is -0.114. The molecule has 0 atom stereocenters. The smallest absolute Gasteiger partial charge is 0.274 e. The lowest BCUT2D eigenvalue weighted by Gasteiger charge is -2.11. The lowest BCUT2D eigenvalue weighted by atomic mass is 10.1. The first-order valence-electron chi connectivity index (χ1n) is 7.56. The van der Waals surface area contributed by atoms with Crippen molar-refractivity contribution >= 4 is 23.2 Å². The second kappa shape index (κ2) is 6.62. The number of carbonyl (C=O) groups is 2. The van der Waals surface area contributed by atoms with Gasteiger partial charge >= 0.3 is 0 Å². The molecule has 1 heterocycles. The predicted molar refractivity (Wildman–Crippen MR) is 89.3 cm³/mol. The molecule has 5 nitrogen and oxygen atoms in total. The van der Waals surface area contributed by atoms with Gasteiger partial charge in [0, 0.05) is 24.6 Å². The number of hydrogen-bond donors (Lipinski definition) is 1. The van der Waals surface area contributed by atoms with E-state index in [4.69, 9.17) is 0 Å². The van der Waals surface area contributed by atoms with Crippen LogP contribution in [-0.4, -0.2) is 29.1 Å². The number of benzene rings is 2. The molecule has 6 heteroatoms. The van der Waals surface area contributed by atoms with Crippen molar-refractivity contribution in [2.24, 2.45) is 5.10 Å². The predicted octanol–water partition coefficient (Wildman–Crippen LogP) is 3.03. The van der Waals surface area contributed by atoms with Gasteiger partial charge in [-0.05, 0) is 35.9 Å². The third-order valence-electron chi connectivity index (χ3n) is 3.62. The van der Waals surface area contributed by atoms with Crippen molar-refractivity contribution in [1.29, 1.82) is 0 Å². The fourth-order valence-electron chi connectivity index (χ4n) is 2.56. The van der Waals surface area contributed by atoms with E-state index in [1.54, 1.807) is 12.1 Å². The van der Waals surface area contributed by atoms with E-state index >= 15 is 0 Å². The van der Waals surface area contributed by atoms with Crippen molar-refractivity contribution in [2.45, 2.75) is 13.3 Å². The van der Waals surface area contributed by atoms with Gasteiger partial charge in [0.1, 0.15) is 5.82 Å². The van der Waals surface area contributed by atoms with E-state index < -0.39 is 5.82 Å². The summed E-state index contributed by atoms with van der Waals surface area (Å²) in [6.07, 6.45) is 0.602. The molecule has 0 fully saturated rings. The summed E-state index contributed by atoms with van der Waals surface area (Å²) >= 11 is 0. The Labute approximate surface area is 138 Å². The standard InChI is InChI=1S/C18H16FN3O2/c1-12(23)20-16-7-3-4-13(11-16)17-8-9-22(21-17)18(24)14-5-2-6-15(19)10-14/h2-7,10-11H,8-9H2,1H3,(H,20,23). The summed E-state index contributed by atoms with van der Waals surface area (Å²) in [5, 5.41) is 8.41. The first kappa shape index (κ1) is 15.9. The normalized spacial score (nSPS) is 13.6. The monoisotopic (exact) mass is 325 g/mol. The Morgan fingerprint density at radius 3 is 2.71 bits per heavy atom. The number of nitrogens with zero attached hydrogens (tertiary/aromatic N) is 2. The Morgan fingerprint density at radius 2 is 1.96 bits per heavy atom. The Hall–Kier alpha value is -3.02. The first-order chi connectivity index (χ1) is 11.5. The third kappa shape index (κ3) is 3.48. The molecule has 0 aliphatic carbocycles. The number of amides is 2. The van der Waals surface area contributed by atoms with Gasteiger partial charge in [0.05, 0.1) is 12.3 Å². The topological polar surface area (TPSA) is 61.8 Å². The Balaban J connectivity index is 1.81. The van der Waals surface area contributed by atoms with E-state index in [9.17, 15) is 14.0 Å². The van der Waals surface area contributed by atoms with Gasteiger partial charge in [0.25, 0.3) is 5.91 Å². The zero-order valence-electron chi connectivity index (χ0n) is 13.1. The van der Waals surface area contributed by atoms with Gasteiger partial charge in [-0.3, -0.25) is 9.59 Å². The van der Waals surface area contributed by atoms with Gasteiger partial charge in [0.2, 0.25) is 5.91 Å². The fraction of sp³-hybridized carbons (Fsp3) is 0.167. The van der Waals surface area contributed by atoms with Crippen LogP contribution in [0.1, 0.15) is 29.3 Å². The summed E-state index contributed by atoms with van der Waals surface area (Å²) in [6, 6.07) is 12.9. The SMILES string of the molecule is CC(=O)Nc1cccc(C2=NN(C(=O)c3cccc(F)c3)CC2)c1. The van der Waals surface area contributed by atoms with Crippen LogP contribution in [0.3, 0.4) is 0 Å². The highest BCUT2D eigenvalue weighted by Gasteiger charge is 2.23. The number of carbonyl (C=O) groups excluding carboxylic acids is 2. The molecule has 0 radical (unpaired) electrons. The number of anilines is 1. The molecular weight excluding hydrogens is 309 g/mol. The zero-order valence-corrected chi connectivity index (χ0v) is 13.1. The average Bonchev–Trinajstić information content (AvgIpc) is 3.04. The fourth-order valence-corrected chi connectivity index (χ4v) is 2.56. The molecule has 0 aromatic heterocycles. The minimum atomic E-state index is -0.452. The van der Waals surface area contributed by atoms with Gasteiger partial charge in [-0.2, -0.15) is 5.10 Å². The lowest BCUT2D eigenvalue weighted by Crippen LogP contribution is -2.23. The van der Waals surface area contributed by atoms with E-state index in [0.29, 0.717) is 18.7 Å². The summed E-state index contributed by atoms with van der Waals surface area (Å²) in [5.74, 6) is -0.932. The summed E-state index contributed by atoms with van der Waals surface area (Å²) in [7, 11) is 0. The highest BCUT2D eigenvalue weighted by Crippen LogP contribution is 2.19. The van der Waals surface area contributed by atoms with E-state index in [0.717, 1.165) is 11.3 Å². The maximum atomic E-state index is 13.3. The van der Waals surface area contributed by atoms with Gasteiger partial charge in [0.15, 0.2) is 0 Å². The Kier molecular flexibility index (Phi) is 4.37. The van der Waals surface area contributed by atoms with Crippen LogP contribution in [0.15, 0.2) is 53.6 Å². The third-order valence-corrected chi connectivity index (χ3v) is 3.62. The molecule has 0 bridgehead atoms. The molecule has 2 aromatic carbocycles.